The summed E-state index contributed by atoms with van der Waals surface area (Å²) in [6, 6.07) is 61.8. The third kappa shape index (κ3) is 5.85. The highest BCUT2D eigenvalue weighted by molar-refractivity contribution is 6.14. The van der Waals surface area contributed by atoms with Crippen LogP contribution in [0.3, 0.4) is 0 Å². The van der Waals surface area contributed by atoms with E-state index in [1.54, 1.807) is 0 Å². The molecule has 0 amide bonds. The molecular weight excluding hydrogens is 635 g/mol. The summed E-state index contributed by atoms with van der Waals surface area (Å²) in [5.74, 6) is 1.91. The van der Waals surface area contributed by atoms with Gasteiger partial charge in [0.2, 0.25) is 0 Å². The van der Waals surface area contributed by atoms with Crippen molar-refractivity contribution in [2.45, 2.75) is 0 Å². The van der Waals surface area contributed by atoms with Crippen molar-refractivity contribution in [2.24, 2.45) is 0 Å². The van der Waals surface area contributed by atoms with Gasteiger partial charge in [-0.25, -0.2) is 19.9 Å². The monoisotopic (exact) mass is 663 g/mol. The third-order valence-corrected chi connectivity index (χ3v) is 9.36. The molecule has 9 aromatic rings. The van der Waals surface area contributed by atoms with Crippen LogP contribution in [0.5, 0.6) is 0 Å². The first-order chi connectivity index (χ1) is 25.7. The van der Waals surface area contributed by atoms with Crippen LogP contribution >= 0.6 is 0 Å². The molecular formula is C47H29N5. The minimum Gasteiger partial charge on any atom is -0.248 e. The number of benzene rings is 7. The van der Waals surface area contributed by atoms with E-state index in [0.717, 1.165) is 71.9 Å². The Balaban J connectivity index is 1.11. The Morgan fingerprint density at radius 2 is 0.885 bits per heavy atom. The zero-order chi connectivity index (χ0) is 34.9. The van der Waals surface area contributed by atoms with E-state index in [0.29, 0.717) is 23.0 Å². The summed E-state index contributed by atoms with van der Waals surface area (Å²) in [4.78, 5) is 19.7. The highest BCUT2D eigenvalue weighted by atomic mass is 15.0. The largest absolute Gasteiger partial charge is 0.248 e. The van der Waals surface area contributed by atoms with Gasteiger partial charge in [0.25, 0.3) is 0 Å². The molecule has 0 saturated heterocycles. The van der Waals surface area contributed by atoms with Crippen LogP contribution in [0.2, 0.25) is 0 Å². The van der Waals surface area contributed by atoms with Crippen molar-refractivity contribution in [2.75, 3.05) is 0 Å². The normalized spacial score (nSPS) is 11.1. The molecule has 5 heteroatoms. The van der Waals surface area contributed by atoms with Gasteiger partial charge in [-0.15, -0.1) is 0 Å². The molecule has 5 nitrogen and oxygen atoms in total. The van der Waals surface area contributed by atoms with Crippen LogP contribution in [0.15, 0.2) is 176 Å². The summed E-state index contributed by atoms with van der Waals surface area (Å²) >= 11 is 0. The Morgan fingerprint density at radius 3 is 1.46 bits per heavy atom. The summed E-state index contributed by atoms with van der Waals surface area (Å²) in [7, 11) is 0. The van der Waals surface area contributed by atoms with Crippen LogP contribution in [-0.2, 0) is 0 Å². The number of pyridine rings is 1. The zero-order valence-electron chi connectivity index (χ0n) is 28.0. The molecule has 0 bridgehead atoms. The highest BCUT2D eigenvalue weighted by Gasteiger charge is 2.15. The standard InChI is InChI=1S/C47H29N5/c48-30-31-16-18-34(19-17-31)43-29-41(33-10-4-1-5-11-33)44-40-26-24-38(28-39(40)25-27-42(44)49-43)32-20-22-37(23-21-32)47-51-45(35-12-6-2-7-13-35)50-46(52-47)36-14-8-3-9-15-36/h1-29H. The molecule has 9 rings (SSSR count). The average molecular weight is 664 g/mol. The lowest BCUT2D eigenvalue weighted by Gasteiger charge is -2.14. The predicted molar refractivity (Wildman–Crippen MR) is 210 cm³/mol. The second-order valence-corrected chi connectivity index (χ2v) is 12.6. The molecule has 0 saturated carbocycles. The summed E-state index contributed by atoms with van der Waals surface area (Å²) < 4.78 is 0. The second-order valence-electron chi connectivity index (χ2n) is 12.6. The fourth-order valence-corrected chi connectivity index (χ4v) is 6.70. The smallest absolute Gasteiger partial charge is 0.164 e. The number of hydrogen-bond acceptors (Lipinski definition) is 5. The first-order valence-electron chi connectivity index (χ1n) is 17.1. The van der Waals surface area contributed by atoms with E-state index in [2.05, 4.69) is 91.0 Å². The van der Waals surface area contributed by atoms with Gasteiger partial charge in [-0.2, -0.15) is 5.26 Å². The maximum absolute atomic E-state index is 9.30. The molecule has 0 aliphatic heterocycles. The lowest BCUT2D eigenvalue weighted by Crippen LogP contribution is -2.00. The van der Waals surface area contributed by atoms with Gasteiger partial charge in [-0.05, 0) is 63.4 Å². The molecule has 2 heterocycles. The maximum Gasteiger partial charge on any atom is 0.164 e. The zero-order valence-corrected chi connectivity index (χ0v) is 28.0. The van der Waals surface area contributed by atoms with Gasteiger partial charge in [0.15, 0.2) is 17.5 Å². The maximum atomic E-state index is 9.30. The summed E-state index contributed by atoms with van der Waals surface area (Å²) in [5, 5.41) is 12.7. The molecule has 242 valence electrons. The Hall–Kier alpha value is -7.29. The number of fused-ring (bicyclic) bond motifs is 3. The van der Waals surface area contributed by atoms with Crippen molar-refractivity contribution < 1.29 is 0 Å². The van der Waals surface area contributed by atoms with Gasteiger partial charge in [0.05, 0.1) is 22.8 Å². The van der Waals surface area contributed by atoms with Crippen LogP contribution in [0.1, 0.15) is 5.56 Å². The molecule has 0 fully saturated rings. The molecule has 0 N–H and O–H groups in total. The number of aromatic nitrogens is 4. The molecule has 2 aromatic heterocycles. The number of nitriles is 1. The van der Waals surface area contributed by atoms with E-state index in [1.165, 1.54) is 0 Å². The van der Waals surface area contributed by atoms with Gasteiger partial charge in [0.1, 0.15) is 0 Å². The van der Waals surface area contributed by atoms with E-state index < -0.39 is 0 Å². The fourth-order valence-electron chi connectivity index (χ4n) is 6.70. The van der Waals surface area contributed by atoms with Crippen molar-refractivity contribution in [3.8, 4) is 73.7 Å². The Bertz CT molecular complexity index is 2700. The topological polar surface area (TPSA) is 75.3 Å². The van der Waals surface area contributed by atoms with Crippen molar-refractivity contribution in [1.29, 1.82) is 5.26 Å². The van der Waals surface area contributed by atoms with Crippen LogP contribution in [0, 0.1) is 11.3 Å². The van der Waals surface area contributed by atoms with Gasteiger partial charge in [-0.1, -0.05) is 146 Å². The van der Waals surface area contributed by atoms with Crippen molar-refractivity contribution in [1.82, 2.24) is 19.9 Å². The SMILES string of the molecule is N#Cc1ccc(-c2cc(-c3ccccc3)c3c(ccc4cc(-c5ccc(-c6nc(-c7ccccc7)nc(-c7ccccc7)n6)cc5)ccc43)n2)cc1. The molecule has 52 heavy (non-hydrogen) atoms. The molecule has 0 unspecified atom stereocenters. The van der Waals surface area contributed by atoms with E-state index in [1.807, 2.05) is 91.0 Å². The van der Waals surface area contributed by atoms with Gasteiger partial charge in [0, 0.05) is 27.6 Å². The molecule has 0 atom stereocenters. The quantitative estimate of drug-likeness (QED) is 0.166. The Labute approximate surface area is 301 Å². The summed E-state index contributed by atoms with van der Waals surface area (Å²) in [6.45, 7) is 0. The van der Waals surface area contributed by atoms with Gasteiger partial charge >= 0.3 is 0 Å². The number of nitrogens with zero attached hydrogens (tertiary/aromatic N) is 5. The molecule has 0 aliphatic carbocycles. The van der Waals surface area contributed by atoms with Crippen LogP contribution < -0.4 is 0 Å². The first-order valence-corrected chi connectivity index (χ1v) is 17.1. The van der Waals surface area contributed by atoms with Crippen LogP contribution in [0.4, 0.5) is 0 Å². The molecule has 7 aromatic carbocycles. The minimum absolute atomic E-state index is 0.629. The van der Waals surface area contributed by atoms with Gasteiger partial charge < -0.3 is 0 Å². The Kier molecular flexibility index (Phi) is 7.81. The first kappa shape index (κ1) is 30.7. The molecule has 0 aliphatic rings. The van der Waals surface area contributed by atoms with Gasteiger partial charge in [-0.3, -0.25) is 0 Å². The predicted octanol–water partition coefficient (Wildman–Crippen LogP) is 11.4. The highest BCUT2D eigenvalue weighted by Crippen LogP contribution is 2.38. The van der Waals surface area contributed by atoms with Crippen molar-refractivity contribution in [3.05, 3.63) is 181 Å². The van der Waals surface area contributed by atoms with Crippen LogP contribution in [0.25, 0.3) is 89.4 Å². The molecule has 0 spiro atoms. The molecule has 0 radical (unpaired) electrons. The number of hydrogen-bond donors (Lipinski definition) is 0. The Morgan fingerprint density at radius 1 is 0.385 bits per heavy atom. The number of rotatable bonds is 6. The van der Waals surface area contributed by atoms with Crippen LogP contribution in [-0.4, -0.2) is 19.9 Å². The summed E-state index contributed by atoms with van der Waals surface area (Å²) in [6.07, 6.45) is 0. The average Bonchev–Trinajstić information content (AvgIpc) is 3.24. The van der Waals surface area contributed by atoms with E-state index >= 15 is 0 Å². The van der Waals surface area contributed by atoms with E-state index in [-0.39, 0.29) is 0 Å². The summed E-state index contributed by atoms with van der Waals surface area (Å²) in [5.41, 5.74) is 10.7. The minimum atomic E-state index is 0.629. The second kappa shape index (κ2) is 13.2. The van der Waals surface area contributed by atoms with Crippen molar-refractivity contribution in [3.63, 3.8) is 0 Å². The van der Waals surface area contributed by atoms with E-state index in [9.17, 15) is 5.26 Å². The fraction of sp³-hybridized carbons (Fsp3) is 0. The third-order valence-electron chi connectivity index (χ3n) is 9.36. The van der Waals surface area contributed by atoms with E-state index in [4.69, 9.17) is 19.9 Å². The van der Waals surface area contributed by atoms with Crippen molar-refractivity contribution >= 4 is 21.7 Å². The lowest BCUT2D eigenvalue weighted by atomic mass is 9.93. The lowest BCUT2D eigenvalue weighted by molar-refractivity contribution is 1.07.